The van der Waals surface area contributed by atoms with Crippen molar-refractivity contribution >= 4 is 34.0 Å². The summed E-state index contributed by atoms with van der Waals surface area (Å²) in [6.07, 6.45) is 1.69. The van der Waals surface area contributed by atoms with E-state index < -0.39 is 0 Å². The number of hydrogen-bond donors (Lipinski definition) is 1. The van der Waals surface area contributed by atoms with E-state index in [9.17, 15) is 9.18 Å². The topological polar surface area (TPSA) is 92.8 Å². The lowest BCUT2D eigenvalue weighted by Crippen LogP contribution is -2.14. The van der Waals surface area contributed by atoms with Gasteiger partial charge in [0.25, 0.3) is 0 Å². The lowest BCUT2D eigenvalue weighted by molar-refractivity contribution is -0.113. The van der Waals surface area contributed by atoms with Gasteiger partial charge in [-0.25, -0.2) is 4.39 Å². The number of ether oxygens (including phenoxy) is 1. The van der Waals surface area contributed by atoms with Crippen LogP contribution in [0.4, 0.5) is 9.39 Å². The van der Waals surface area contributed by atoms with Gasteiger partial charge in [0, 0.05) is 6.54 Å². The second-order valence-corrected chi connectivity index (χ2v) is 7.51. The Balaban J connectivity index is 1.61. The van der Waals surface area contributed by atoms with E-state index in [-0.39, 0.29) is 24.1 Å². The zero-order valence-corrected chi connectivity index (χ0v) is 16.8. The molecule has 0 aliphatic rings. The fourth-order valence-electron chi connectivity index (χ4n) is 2.31. The summed E-state index contributed by atoms with van der Waals surface area (Å²) in [7, 11) is 0. The summed E-state index contributed by atoms with van der Waals surface area (Å²) < 4.78 is 20.4. The second-order valence-electron chi connectivity index (χ2n) is 5.65. The van der Waals surface area contributed by atoms with E-state index in [1.54, 1.807) is 22.1 Å². The molecule has 1 aromatic carbocycles. The molecule has 0 bridgehead atoms. The first-order valence-corrected chi connectivity index (χ1v) is 10.3. The monoisotopic (exact) mass is 429 g/mol. The van der Waals surface area contributed by atoms with Gasteiger partial charge in [0.2, 0.25) is 5.91 Å². The minimum Gasteiger partial charge on any atom is -0.486 e. The number of thiophene rings is 1. The number of amides is 1. The molecule has 0 spiro atoms. The van der Waals surface area contributed by atoms with Gasteiger partial charge >= 0.3 is 0 Å². The molecule has 0 saturated heterocycles. The predicted molar refractivity (Wildman–Crippen MR) is 109 cm³/mol. The number of benzene rings is 1. The van der Waals surface area contributed by atoms with Gasteiger partial charge in [-0.3, -0.25) is 9.36 Å². The molecule has 29 heavy (non-hydrogen) atoms. The van der Waals surface area contributed by atoms with Crippen molar-refractivity contribution in [3.63, 3.8) is 0 Å². The molecule has 0 fully saturated rings. The van der Waals surface area contributed by atoms with Crippen LogP contribution in [-0.4, -0.2) is 26.4 Å². The summed E-state index contributed by atoms with van der Waals surface area (Å²) >= 11 is 2.52. The van der Waals surface area contributed by atoms with Crippen LogP contribution in [0.2, 0.25) is 0 Å². The number of rotatable bonds is 9. The van der Waals surface area contributed by atoms with Crippen molar-refractivity contribution in [2.75, 3.05) is 11.1 Å². The Morgan fingerprint density at radius 2 is 2.17 bits per heavy atom. The zero-order chi connectivity index (χ0) is 20.6. The summed E-state index contributed by atoms with van der Waals surface area (Å²) in [4.78, 5) is 12.2. The van der Waals surface area contributed by atoms with Crippen molar-refractivity contribution in [1.82, 2.24) is 14.8 Å². The summed E-state index contributed by atoms with van der Waals surface area (Å²) in [5.74, 6) is 0.593. The first-order chi connectivity index (χ1) is 14.1. The number of nitriles is 1. The molecule has 3 rings (SSSR count). The molecule has 10 heteroatoms. The summed E-state index contributed by atoms with van der Waals surface area (Å²) in [5, 5.41) is 22.8. The van der Waals surface area contributed by atoms with Crippen LogP contribution in [0.25, 0.3) is 0 Å². The van der Waals surface area contributed by atoms with Crippen LogP contribution in [0.3, 0.4) is 0 Å². The summed E-state index contributed by atoms with van der Waals surface area (Å²) in [6.45, 7) is 4.32. The van der Waals surface area contributed by atoms with Crippen LogP contribution in [0, 0.1) is 17.1 Å². The Labute approximate surface area is 174 Å². The summed E-state index contributed by atoms with van der Waals surface area (Å²) in [5.41, 5.74) is 0.434. The highest BCUT2D eigenvalue weighted by atomic mass is 32.2. The number of thioether (sulfide) groups is 1. The molecular formula is C19H16FN5O2S2. The third kappa shape index (κ3) is 5.43. The largest absolute Gasteiger partial charge is 0.486 e. The molecule has 1 N–H and O–H groups in total. The molecule has 148 valence electrons. The van der Waals surface area contributed by atoms with Crippen molar-refractivity contribution in [1.29, 1.82) is 5.26 Å². The van der Waals surface area contributed by atoms with E-state index in [1.807, 2.05) is 6.07 Å². The van der Waals surface area contributed by atoms with Gasteiger partial charge in [-0.05, 0) is 35.7 Å². The predicted octanol–water partition coefficient (Wildman–Crippen LogP) is 3.85. The molecule has 0 radical (unpaired) electrons. The van der Waals surface area contributed by atoms with E-state index in [2.05, 4.69) is 22.1 Å². The summed E-state index contributed by atoms with van der Waals surface area (Å²) in [6, 6.07) is 9.38. The molecule has 2 aromatic heterocycles. The number of carbonyl (C=O) groups excluding carboxylic acids is 1. The second kappa shape index (κ2) is 9.86. The third-order valence-corrected chi connectivity index (χ3v) is 5.45. The molecule has 0 atom stereocenters. The first kappa shape index (κ1) is 20.6. The number of hydrogen-bond acceptors (Lipinski definition) is 7. The molecular weight excluding hydrogens is 413 g/mol. The van der Waals surface area contributed by atoms with E-state index in [0.29, 0.717) is 33.8 Å². The smallest absolute Gasteiger partial charge is 0.235 e. The molecule has 0 unspecified atom stereocenters. The van der Waals surface area contributed by atoms with Gasteiger partial charge < -0.3 is 10.1 Å². The molecule has 7 nitrogen and oxygen atoms in total. The van der Waals surface area contributed by atoms with Gasteiger partial charge in [-0.2, -0.15) is 5.26 Å². The van der Waals surface area contributed by atoms with Gasteiger partial charge in [0.05, 0.1) is 11.3 Å². The van der Waals surface area contributed by atoms with Crippen molar-refractivity contribution in [3.8, 4) is 11.8 Å². The van der Waals surface area contributed by atoms with E-state index in [4.69, 9.17) is 10.00 Å². The normalized spacial score (nSPS) is 10.3. The number of anilines is 1. The van der Waals surface area contributed by atoms with Crippen LogP contribution in [0.1, 0.15) is 11.4 Å². The number of allylic oxidation sites excluding steroid dienone is 1. The van der Waals surface area contributed by atoms with Gasteiger partial charge in [0.1, 0.15) is 29.2 Å². The Bertz CT molecular complexity index is 1040. The van der Waals surface area contributed by atoms with Crippen molar-refractivity contribution in [2.45, 2.75) is 18.3 Å². The molecule has 0 saturated carbocycles. The zero-order valence-electron chi connectivity index (χ0n) is 15.2. The fourth-order valence-corrected chi connectivity index (χ4v) is 3.83. The Kier molecular flexibility index (Phi) is 6.99. The van der Waals surface area contributed by atoms with Crippen molar-refractivity contribution in [3.05, 3.63) is 65.6 Å². The molecule has 3 aromatic rings. The minimum absolute atomic E-state index is 0.108. The van der Waals surface area contributed by atoms with Crippen LogP contribution in [0.5, 0.6) is 5.75 Å². The highest BCUT2D eigenvalue weighted by Crippen LogP contribution is 2.23. The molecule has 2 heterocycles. The quantitative estimate of drug-likeness (QED) is 0.410. The number of aromatic nitrogens is 3. The first-order valence-electron chi connectivity index (χ1n) is 8.42. The maximum absolute atomic E-state index is 13.0. The standard InChI is InChI=1S/C19H16FN5O2S2/c1-2-8-25-16(11-27-15-5-3-14(20)4-6-15)23-24-19(25)29-12-17(26)22-18-13(10-21)7-9-28-18/h2-7,9H,1,8,11-12H2,(H,22,26). The van der Waals surface area contributed by atoms with E-state index in [0.717, 1.165) is 0 Å². The number of nitrogens with zero attached hydrogens (tertiary/aromatic N) is 4. The highest BCUT2D eigenvalue weighted by molar-refractivity contribution is 7.99. The molecule has 1 amide bonds. The highest BCUT2D eigenvalue weighted by Gasteiger charge is 2.15. The Morgan fingerprint density at radius 1 is 1.38 bits per heavy atom. The maximum Gasteiger partial charge on any atom is 0.235 e. The maximum atomic E-state index is 13.0. The fraction of sp³-hybridized carbons (Fsp3) is 0.158. The Morgan fingerprint density at radius 3 is 2.90 bits per heavy atom. The molecule has 0 aliphatic heterocycles. The van der Waals surface area contributed by atoms with Crippen LogP contribution < -0.4 is 10.1 Å². The van der Waals surface area contributed by atoms with Crippen molar-refractivity contribution in [2.24, 2.45) is 0 Å². The SMILES string of the molecule is C=CCn1c(COc2ccc(F)cc2)nnc1SCC(=O)Nc1sccc1C#N. The van der Waals surface area contributed by atoms with Crippen LogP contribution in [-0.2, 0) is 17.9 Å². The van der Waals surface area contributed by atoms with Gasteiger partial charge in [-0.15, -0.1) is 28.1 Å². The minimum atomic E-state index is -0.339. The number of carbonyl (C=O) groups is 1. The van der Waals surface area contributed by atoms with Crippen molar-refractivity contribution < 1.29 is 13.9 Å². The lowest BCUT2D eigenvalue weighted by Gasteiger charge is -2.09. The average Bonchev–Trinajstić information content (AvgIpc) is 3.33. The third-order valence-electron chi connectivity index (χ3n) is 3.66. The van der Waals surface area contributed by atoms with E-state index >= 15 is 0 Å². The lowest BCUT2D eigenvalue weighted by atomic mass is 10.3. The van der Waals surface area contributed by atoms with Gasteiger partial charge in [-0.1, -0.05) is 17.8 Å². The number of halogens is 1. The van der Waals surface area contributed by atoms with E-state index in [1.165, 1.54) is 47.4 Å². The van der Waals surface area contributed by atoms with Crippen LogP contribution >= 0.6 is 23.1 Å². The Hall–Kier alpha value is -3.16. The van der Waals surface area contributed by atoms with Crippen LogP contribution in [0.15, 0.2) is 53.5 Å². The molecule has 0 aliphatic carbocycles. The average molecular weight is 430 g/mol. The number of nitrogens with one attached hydrogen (secondary N) is 1. The van der Waals surface area contributed by atoms with Gasteiger partial charge in [0.15, 0.2) is 11.0 Å².